The molecule has 0 aromatic heterocycles. The SMILES string of the molecule is O=C(NNC(=O)C1CCC2CN1C(=O)N2OS(=O)(=O)O)C1CNC1. The van der Waals surface area contributed by atoms with Gasteiger partial charge < -0.3 is 10.2 Å². The second-order valence-electron chi connectivity index (χ2n) is 5.84. The van der Waals surface area contributed by atoms with Gasteiger partial charge in [-0.1, -0.05) is 0 Å². The summed E-state index contributed by atoms with van der Waals surface area (Å²) >= 11 is 0. The van der Waals surface area contributed by atoms with Crippen molar-refractivity contribution in [3.05, 3.63) is 0 Å². The van der Waals surface area contributed by atoms with E-state index in [0.29, 0.717) is 24.6 Å². The van der Waals surface area contributed by atoms with Gasteiger partial charge in [-0.3, -0.25) is 25.0 Å². The van der Waals surface area contributed by atoms with Crippen molar-refractivity contribution in [1.82, 2.24) is 26.1 Å². The largest absolute Gasteiger partial charge is 0.418 e. The molecule has 3 fully saturated rings. The minimum atomic E-state index is -4.83. The van der Waals surface area contributed by atoms with Crippen molar-refractivity contribution in [3.63, 3.8) is 0 Å². The highest BCUT2D eigenvalue weighted by molar-refractivity contribution is 7.80. The maximum Gasteiger partial charge on any atom is 0.418 e. The first-order chi connectivity index (χ1) is 11.3. The quantitative estimate of drug-likeness (QED) is 0.312. The maximum absolute atomic E-state index is 12.2. The van der Waals surface area contributed by atoms with Crippen LogP contribution in [0, 0.1) is 5.92 Å². The Labute approximate surface area is 137 Å². The molecule has 4 amide bonds. The van der Waals surface area contributed by atoms with E-state index in [4.69, 9.17) is 4.55 Å². The first-order valence-corrected chi connectivity index (χ1v) is 8.70. The van der Waals surface area contributed by atoms with Crippen molar-refractivity contribution in [1.29, 1.82) is 0 Å². The van der Waals surface area contributed by atoms with Crippen LogP contribution in [-0.2, 0) is 24.3 Å². The molecule has 2 unspecified atom stereocenters. The number of rotatable bonds is 4. The number of urea groups is 1. The van der Waals surface area contributed by atoms with Crippen LogP contribution in [-0.4, -0.2) is 72.5 Å². The Morgan fingerprint density at radius 2 is 1.88 bits per heavy atom. The highest BCUT2D eigenvalue weighted by Gasteiger charge is 2.49. The summed E-state index contributed by atoms with van der Waals surface area (Å²) in [7, 11) is -4.83. The van der Waals surface area contributed by atoms with E-state index >= 15 is 0 Å². The minimum absolute atomic E-state index is 0.0902. The molecule has 0 aromatic carbocycles. The van der Waals surface area contributed by atoms with Gasteiger partial charge >= 0.3 is 16.4 Å². The van der Waals surface area contributed by atoms with E-state index in [1.807, 2.05) is 0 Å². The Balaban J connectivity index is 1.58. The molecule has 0 saturated carbocycles. The maximum atomic E-state index is 12.2. The zero-order chi connectivity index (χ0) is 17.5. The molecular weight excluding hydrogens is 346 g/mol. The molecule has 0 radical (unpaired) electrons. The molecule has 134 valence electrons. The van der Waals surface area contributed by atoms with Crippen LogP contribution in [0.1, 0.15) is 12.8 Å². The van der Waals surface area contributed by atoms with Crippen LogP contribution in [0.3, 0.4) is 0 Å². The number of hydrogen-bond acceptors (Lipinski definition) is 7. The number of piperidine rings is 1. The summed E-state index contributed by atoms with van der Waals surface area (Å²) in [6, 6.07) is -2.26. The predicted octanol–water partition coefficient (Wildman–Crippen LogP) is -2.64. The van der Waals surface area contributed by atoms with E-state index in [-0.39, 0.29) is 24.8 Å². The van der Waals surface area contributed by atoms with Gasteiger partial charge in [-0.05, 0) is 12.8 Å². The first-order valence-electron chi connectivity index (χ1n) is 7.33. The lowest BCUT2D eigenvalue weighted by atomic mass is 10.0. The summed E-state index contributed by atoms with van der Waals surface area (Å²) in [6.07, 6.45) is 0.588. The summed E-state index contributed by atoms with van der Waals surface area (Å²) in [5.74, 6) is -1.09. The third-order valence-corrected chi connectivity index (χ3v) is 4.61. The Morgan fingerprint density at radius 1 is 1.21 bits per heavy atom. The Morgan fingerprint density at radius 3 is 2.46 bits per heavy atom. The van der Waals surface area contributed by atoms with Gasteiger partial charge in [0.1, 0.15) is 6.04 Å². The molecule has 12 nitrogen and oxygen atoms in total. The summed E-state index contributed by atoms with van der Waals surface area (Å²) in [5.41, 5.74) is 4.59. The van der Waals surface area contributed by atoms with Crippen molar-refractivity contribution in [2.24, 2.45) is 5.92 Å². The average molecular weight is 363 g/mol. The van der Waals surface area contributed by atoms with E-state index in [1.165, 1.54) is 0 Å². The fourth-order valence-electron chi connectivity index (χ4n) is 2.89. The second-order valence-corrected chi connectivity index (χ2v) is 6.85. The third-order valence-electron chi connectivity index (χ3n) is 4.26. The molecule has 0 aliphatic carbocycles. The smallest absolute Gasteiger partial charge is 0.315 e. The number of hydrogen-bond donors (Lipinski definition) is 4. The van der Waals surface area contributed by atoms with Crippen LogP contribution in [0.4, 0.5) is 4.79 Å². The van der Waals surface area contributed by atoms with E-state index in [9.17, 15) is 22.8 Å². The number of carbonyl (C=O) groups is 3. The lowest BCUT2D eigenvalue weighted by Gasteiger charge is -2.30. The van der Waals surface area contributed by atoms with E-state index in [1.54, 1.807) is 0 Å². The van der Waals surface area contributed by atoms with Crippen LogP contribution in [0.5, 0.6) is 0 Å². The van der Waals surface area contributed by atoms with Crippen molar-refractivity contribution < 1.29 is 31.6 Å². The van der Waals surface area contributed by atoms with E-state index < -0.39 is 34.4 Å². The zero-order valence-corrected chi connectivity index (χ0v) is 13.3. The molecule has 0 spiro atoms. The summed E-state index contributed by atoms with van der Waals surface area (Å²) in [6.45, 7) is 1.17. The van der Waals surface area contributed by atoms with Crippen LogP contribution in [0.15, 0.2) is 0 Å². The fourth-order valence-corrected chi connectivity index (χ4v) is 3.28. The monoisotopic (exact) mass is 363 g/mol. The van der Waals surface area contributed by atoms with Gasteiger partial charge in [0.2, 0.25) is 5.91 Å². The van der Waals surface area contributed by atoms with Crippen LogP contribution < -0.4 is 16.2 Å². The van der Waals surface area contributed by atoms with Crippen molar-refractivity contribution >= 4 is 28.2 Å². The molecule has 3 heterocycles. The molecular formula is C11H17N5O7S. The molecule has 0 aromatic rings. The molecule has 3 aliphatic rings. The summed E-state index contributed by atoms with van der Waals surface area (Å²) < 4.78 is 34.6. The van der Waals surface area contributed by atoms with Gasteiger partial charge in [0.25, 0.3) is 5.91 Å². The molecule has 4 N–H and O–H groups in total. The summed E-state index contributed by atoms with van der Waals surface area (Å²) in [5, 5.41) is 3.49. The molecule has 2 bridgehead atoms. The number of nitrogens with one attached hydrogen (secondary N) is 3. The molecule has 3 aliphatic heterocycles. The molecule has 13 heteroatoms. The molecule has 3 rings (SSSR count). The lowest BCUT2D eigenvalue weighted by Crippen LogP contribution is -2.58. The third kappa shape index (κ3) is 3.28. The zero-order valence-electron chi connectivity index (χ0n) is 12.5. The van der Waals surface area contributed by atoms with Crippen LogP contribution in [0.2, 0.25) is 0 Å². The van der Waals surface area contributed by atoms with Gasteiger partial charge in [-0.2, -0.15) is 13.5 Å². The van der Waals surface area contributed by atoms with Crippen LogP contribution >= 0.6 is 0 Å². The van der Waals surface area contributed by atoms with Gasteiger partial charge in [-0.25, -0.2) is 4.79 Å². The predicted molar refractivity (Wildman–Crippen MR) is 76.0 cm³/mol. The number of amides is 4. The molecule has 3 saturated heterocycles. The standard InChI is InChI=1S/C11H17N5O7S/c17-9(6-3-12-4-6)13-14-10(18)8-2-1-7-5-15(8)11(19)16(7)23-24(20,21)22/h6-8,12H,1-5H2,(H,13,17)(H,14,18)(H,20,21,22). The van der Waals surface area contributed by atoms with Crippen molar-refractivity contribution in [2.75, 3.05) is 19.6 Å². The molecule has 24 heavy (non-hydrogen) atoms. The minimum Gasteiger partial charge on any atom is -0.315 e. The molecule has 2 atom stereocenters. The summed E-state index contributed by atoms with van der Waals surface area (Å²) in [4.78, 5) is 37.2. The van der Waals surface area contributed by atoms with Gasteiger partial charge in [-0.15, -0.1) is 4.28 Å². The first kappa shape index (κ1) is 16.9. The number of hydrazine groups is 1. The number of fused-ring (bicyclic) bond motifs is 2. The van der Waals surface area contributed by atoms with Gasteiger partial charge in [0, 0.05) is 19.6 Å². The van der Waals surface area contributed by atoms with Crippen molar-refractivity contribution in [3.8, 4) is 0 Å². The highest BCUT2D eigenvalue weighted by atomic mass is 32.3. The lowest BCUT2D eigenvalue weighted by molar-refractivity contribution is -0.134. The van der Waals surface area contributed by atoms with E-state index in [2.05, 4.69) is 20.5 Å². The van der Waals surface area contributed by atoms with Gasteiger partial charge in [0.15, 0.2) is 0 Å². The highest BCUT2D eigenvalue weighted by Crippen LogP contribution is 2.30. The van der Waals surface area contributed by atoms with Crippen LogP contribution in [0.25, 0.3) is 0 Å². The van der Waals surface area contributed by atoms with E-state index in [0.717, 1.165) is 4.90 Å². The normalized spacial score (nSPS) is 27.0. The Kier molecular flexibility index (Phi) is 4.33. The van der Waals surface area contributed by atoms with Crippen molar-refractivity contribution in [2.45, 2.75) is 24.9 Å². The second kappa shape index (κ2) is 6.16. The van der Waals surface area contributed by atoms with Gasteiger partial charge in [0.05, 0.1) is 12.0 Å². The topological polar surface area (TPSA) is 157 Å². The number of hydroxylamine groups is 2. The Hall–Kier alpha value is -1.96. The number of nitrogens with zero attached hydrogens (tertiary/aromatic N) is 2. The fraction of sp³-hybridized carbons (Fsp3) is 0.727. The number of carbonyl (C=O) groups excluding carboxylic acids is 3. The average Bonchev–Trinajstić information content (AvgIpc) is 2.67. The Bertz CT molecular complexity index is 664.